The summed E-state index contributed by atoms with van der Waals surface area (Å²) in [6.45, 7) is 6.40. The van der Waals surface area contributed by atoms with Crippen LogP contribution < -0.4 is 0 Å². The number of carbonyl (C=O) groups excluding carboxylic acids is 3. The molecule has 0 aliphatic heterocycles. The van der Waals surface area contributed by atoms with Crippen LogP contribution in [0.4, 0.5) is 0 Å². The molecule has 0 aromatic heterocycles. The van der Waals surface area contributed by atoms with Crippen LogP contribution in [0.25, 0.3) is 0 Å². The van der Waals surface area contributed by atoms with E-state index in [9.17, 15) is 14.4 Å². The van der Waals surface area contributed by atoms with E-state index < -0.39 is 6.10 Å². The van der Waals surface area contributed by atoms with Gasteiger partial charge in [-0.3, -0.25) is 14.4 Å². The highest BCUT2D eigenvalue weighted by molar-refractivity contribution is 5.71. The van der Waals surface area contributed by atoms with E-state index in [-0.39, 0.29) is 37.5 Å². The number of rotatable bonds is 54. The van der Waals surface area contributed by atoms with E-state index in [0.29, 0.717) is 19.3 Å². The first-order chi connectivity index (χ1) is 35.5. The first kappa shape index (κ1) is 68.3. The number of hydrogen-bond acceptors (Lipinski definition) is 6. The van der Waals surface area contributed by atoms with Crippen molar-refractivity contribution in [2.45, 2.75) is 290 Å². The van der Waals surface area contributed by atoms with Crippen molar-refractivity contribution in [2.24, 2.45) is 0 Å². The highest BCUT2D eigenvalue weighted by atomic mass is 16.6. The molecule has 0 rings (SSSR count). The van der Waals surface area contributed by atoms with Gasteiger partial charge in [-0.2, -0.15) is 0 Å². The van der Waals surface area contributed by atoms with Crippen molar-refractivity contribution in [1.29, 1.82) is 0 Å². The molecule has 6 nitrogen and oxygen atoms in total. The van der Waals surface area contributed by atoms with Gasteiger partial charge in [0.25, 0.3) is 0 Å². The van der Waals surface area contributed by atoms with Crippen molar-refractivity contribution in [1.82, 2.24) is 0 Å². The number of allylic oxidation sites excluding steroid dienone is 16. The second-order valence-electron chi connectivity index (χ2n) is 19.9. The maximum Gasteiger partial charge on any atom is 0.306 e. The molecule has 0 heterocycles. The van der Waals surface area contributed by atoms with Gasteiger partial charge in [-0.25, -0.2) is 0 Å². The Morgan fingerprint density at radius 2 is 0.542 bits per heavy atom. The molecular formula is C66H112O6. The quantitative estimate of drug-likeness (QED) is 0.0261. The highest BCUT2D eigenvalue weighted by Gasteiger charge is 2.19. The third-order valence-corrected chi connectivity index (χ3v) is 12.8. The van der Waals surface area contributed by atoms with E-state index >= 15 is 0 Å². The molecule has 0 saturated carbocycles. The van der Waals surface area contributed by atoms with Crippen molar-refractivity contribution < 1.29 is 28.6 Å². The van der Waals surface area contributed by atoms with E-state index in [2.05, 4.69) is 118 Å². The first-order valence-corrected chi connectivity index (χ1v) is 30.2. The number of unbranched alkanes of at least 4 members (excludes halogenated alkanes) is 27. The van der Waals surface area contributed by atoms with Crippen molar-refractivity contribution in [3.8, 4) is 0 Å². The molecule has 0 amide bonds. The predicted octanol–water partition coefficient (Wildman–Crippen LogP) is 20.5. The summed E-state index contributed by atoms with van der Waals surface area (Å²) in [4.78, 5) is 38.2. The Morgan fingerprint density at radius 1 is 0.292 bits per heavy atom. The Morgan fingerprint density at radius 3 is 0.875 bits per heavy atom. The van der Waals surface area contributed by atoms with E-state index in [1.165, 1.54) is 135 Å². The van der Waals surface area contributed by atoms with Crippen LogP contribution in [0.1, 0.15) is 284 Å². The molecule has 1 unspecified atom stereocenters. The van der Waals surface area contributed by atoms with Gasteiger partial charge < -0.3 is 14.2 Å². The molecule has 1 atom stereocenters. The van der Waals surface area contributed by atoms with Gasteiger partial charge in [-0.05, 0) is 96.3 Å². The average Bonchev–Trinajstić information content (AvgIpc) is 3.38. The van der Waals surface area contributed by atoms with Crippen LogP contribution in [0.15, 0.2) is 97.2 Å². The summed E-state index contributed by atoms with van der Waals surface area (Å²) < 4.78 is 16.9. The van der Waals surface area contributed by atoms with Gasteiger partial charge >= 0.3 is 17.9 Å². The Kier molecular flexibility index (Phi) is 56.8. The molecule has 0 aromatic rings. The monoisotopic (exact) mass is 1000 g/mol. The Hall–Kier alpha value is -3.67. The molecule has 0 fully saturated rings. The van der Waals surface area contributed by atoms with Crippen molar-refractivity contribution in [2.75, 3.05) is 13.2 Å². The zero-order valence-corrected chi connectivity index (χ0v) is 47.2. The molecule has 0 bridgehead atoms. The smallest absolute Gasteiger partial charge is 0.306 e. The van der Waals surface area contributed by atoms with Gasteiger partial charge in [0.05, 0.1) is 0 Å². The number of esters is 3. The lowest BCUT2D eigenvalue weighted by Crippen LogP contribution is -2.30. The third-order valence-electron chi connectivity index (χ3n) is 12.8. The second kappa shape index (κ2) is 59.9. The summed E-state index contributed by atoms with van der Waals surface area (Å²) in [5.74, 6) is -0.928. The lowest BCUT2D eigenvalue weighted by Gasteiger charge is -2.18. The van der Waals surface area contributed by atoms with Crippen LogP contribution >= 0.6 is 0 Å². The van der Waals surface area contributed by atoms with E-state index in [0.717, 1.165) is 103 Å². The average molecular weight is 1000 g/mol. The summed E-state index contributed by atoms with van der Waals surface area (Å²) in [5.41, 5.74) is 0. The van der Waals surface area contributed by atoms with Crippen LogP contribution in [0.5, 0.6) is 0 Å². The lowest BCUT2D eigenvalue weighted by atomic mass is 10.0. The van der Waals surface area contributed by atoms with E-state index in [1.54, 1.807) is 0 Å². The number of hydrogen-bond donors (Lipinski definition) is 0. The second-order valence-corrected chi connectivity index (χ2v) is 19.9. The molecule has 0 saturated heterocycles. The van der Waals surface area contributed by atoms with Crippen LogP contribution in [0.3, 0.4) is 0 Å². The van der Waals surface area contributed by atoms with Crippen molar-refractivity contribution in [3.05, 3.63) is 97.2 Å². The van der Waals surface area contributed by atoms with Gasteiger partial charge in [0, 0.05) is 19.3 Å². The van der Waals surface area contributed by atoms with Gasteiger partial charge in [0.2, 0.25) is 0 Å². The van der Waals surface area contributed by atoms with Crippen LogP contribution in [-0.4, -0.2) is 37.2 Å². The molecule has 0 spiro atoms. The zero-order valence-electron chi connectivity index (χ0n) is 47.2. The minimum atomic E-state index is -0.799. The van der Waals surface area contributed by atoms with Crippen molar-refractivity contribution in [3.63, 3.8) is 0 Å². The Balaban J connectivity index is 4.33. The standard InChI is InChI=1S/C66H112O6/c1-4-7-10-13-16-19-22-25-28-29-30-31-32-33-34-35-36-37-39-41-44-47-50-53-56-59-65(68)71-62-63(61-70-64(67)58-55-52-49-46-43-40-27-24-21-18-15-12-9-6-3)72-66(69)60-57-54-51-48-45-42-38-26-23-20-17-14-11-8-5-2/h7-8,10-11,16-17,19-20,25-26,28,30-31,38,45,48,63H,4-6,9,12-15,18,21-24,27,29,32-37,39-44,46-47,49-62H2,1-3H3/b10-7-,11-8-,19-16-,20-17-,28-25-,31-30-,38-26-,48-45-. The maximum absolute atomic E-state index is 12.8. The molecule has 0 radical (unpaired) electrons. The van der Waals surface area contributed by atoms with Crippen LogP contribution in [0.2, 0.25) is 0 Å². The molecular weight excluding hydrogens is 889 g/mol. The van der Waals surface area contributed by atoms with Crippen LogP contribution in [0, 0.1) is 0 Å². The molecule has 0 N–H and O–H groups in total. The highest BCUT2D eigenvalue weighted by Crippen LogP contribution is 2.16. The summed E-state index contributed by atoms with van der Waals surface area (Å²) >= 11 is 0. The summed E-state index contributed by atoms with van der Waals surface area (Å²) in [7, 11) is 0. The molecule has 6 heteroatoms. The van der Waals surface area contributed by atoms with Gasteiger partial charge in [-0.15, -0.1) is 0 Å². The Labute approximate surface area is 445 Å². The molecule has 0 aliphatic rings. The largest absolute Gasteiger partial charge is 0.462 e. The topological polar surface area (TPSA) is 78.9 Å². The predicted molar refractivity (Wildman–Crippen MR) is 311 cm³/mol. The molecule has 412 valence electrons. The summed E-state index contributed by atoms with van der Waals surface area (Å²) in [6, 6.07) is 0. The minimum absolute atomic E-state index is 0.0922. The number of carbonyl (C=O) groups is 3. The Bertz CT molecular complexity index is 1430. The van der Waals surface area contributed by atoms with Crippen molar-refractivity contribution >= 4 is 17.9 Å². The third kappa shape index (κ3) is 57.2. The van der Waals surface area contributed by atoms with E-state index in [4.69, 9.17) is 14.2 Å². The minimum Gasteiger partial charge on any atom is -0.462 e. The normalized spacial score (nSPS) is 12.8. The first-order valence-electron chi connectivity index (χ1n) is 30.2. The fourth-order valence-electron chi connectivity index (χ4n) is 8.37. The SMILES string of the molecule is CC/C=C\C/C=C\C/C=C\C/C=C\CCCCCCCCCCCCCCC(=O)OCC(COC(=O)CCCCCCCCCCCCCCCC)OC(=O)CCCC/C=C\C/C=C\C/C=C\C/C=C\CC. The summed E-state index contributed by atoms with van der Waals surface area (Å²) in [5, 5.41) is 0. The van der Waals surface area contributed by atoms with Gasteiger partial charge in [0.1, 0.15) is 13.2 Å². The van der Waals surface area contributed by atoms with E-state index in [1.807, 2.05) is 0 Å². The fourth-order valence-corrected chi connectivity index (χ4v) is 8.37. The van der Waals surface area contributed by atoms with Crippen LogP contribution in [-0.2, 0) is 28.6 Å². The zero-order chi connectivity index (χ0) is 52.2. The fraction of sp³-hybridized carbons (Fsp3) is 0.712. The molecule has 0 aromatic carbocycles. The molecule has 0 aliphatic carbocycles. The van der Waals surface area contributed by atoms with Gasteiger partial charge in [0.15, 0.2) is 6.10 Å². The lowest BCUT2D eigenvalue weighted by molar-refractivity contribution is -0.167. The number of ether oxygens (including phenoxy) is 3. The maximum atomic E-state index is 12.8. The molecule has 72 heavy (non-hydrogen) atoms. The van der Waals surface area contributed by atoms with Gasteiger partial charge in [-0.1, -0.05) is 266 Å². The summed E-state index contributed by atoms with van der Waals surface area (Å²) in [6.07, 6.45) is 79.8.